The number of phosphoric ester groups is 1. The first-order chi connectivity index (χ1) is 34.9. The van der Waals surface area contributed by atoms with Gasteiger partial charge < -0.3 is 28.5 Å². The van der Waals surface area contributed by atoms with Gasteiger partial charge in [-0.05, 0) is 96.0 Å². The number of unbranched alkanes of at least 4 members (excludes halogenated alkanes) is 23. The molecule has 0 saturated heterocycles. The van der Waals surface area contributed by atoms with Gasteiger partial charge in [-0.15, -0.1) is 0 Å². The van der Waals surface area contributed by atoms with Crippen LogP contribution in [0.4, 0.5) is 0 Å². The Morgan fingerprint density at radius 1 is 0.514 bits per heavy atom. The van der Waals surface area contributed by atoms with E-state index in [9.17, 15) is 19.0 Å². The Bertz CT molecular complexity index is 1560. The minimum atomic E-state index is -4.71. The minimum absolute atomic E-state index is 0.0350. The zero-order valence-electron chi connectivity index (χ0n) is 47.1. The highest BCUT2D eigenvalue weighted by atomic mass is 31.2. The maximum absolute atomic E-state index is 13.5. The van der Waals surface area contributed by atoms with E-state index in [0.717, 1.165) is 96.3 Å². The molecule has 0 aliphatic rings. The first kappa shape index (κ1) is 68.9. The number of phosphoric acid groups is 1. The summed E-state index contributed by atoms with van der Waals surface area (Å²) in [5.41, 5.74) is 0. The number of rotatable bonds is 51. The predicted molar refractivity (Wildman–Crippen MR) is 307 cm³/mol. The van der Waals surface area contributed by atoms with Gasteiger partial charge in [-0.1, -0.05) is 221 Å². The van der Waals surface area contributed by atoms with Crippen molar-refractivity contribution in [2.75, 3.05) is 40.9 Å². The van der Waals surface area contributed by atoms with E-state index in [4.69, 9.17) is 13.8 Å². The average molecular weight is 1030 g/mol. The fourth-order valence-corrected chi connectivity index (χ4v) is 8.52. The number of carbonyl (C=O) groups excluding carboxylic acids is 2. The van der Waals surface area contributed by atoms with Crippen molar-refractivity contribution >= 4 is 19.7 Å². The van der Waals surface area contributed by atoms with Gasteiger partial charge in [0.05, 0.1) is 33.8 Å². The van der Waals surface area contributed by atoms with Crippen molar-refractivity contribution in [1.82, 2.24) is 5.32 Å². The van der Waals surface area contributed by atoms with Crippen LogP contribution < -0.4 is 10.2 Å². The molecule has 0 aromatic carbocycles. The second-order valence-electron chi connectivity index (χ2n) is 20.5. The summed E-state index contributed by atoms with van der Waals surface area (Å²) in [7, 11) is 1.14. The molecule has 9 nitrogen and oxygen atoms in total. The van der Waals surface area contributed by atoms with E-state index in [1.165, 1.54) is 96.3 Å². The van der Waals surface area contributed by atoms with Gasteiger partial charge in [-0.2, -0.15) is 0 Å². The van der Waals surface area contributed by atoms with Crippen LogP contribution in [0.3, 0.4) is 0 Å². The van der Waals surface area contributed by atoms with Gasteiger partial charge >= 0.3 is 5.97 Å². The molecule has 1 amide bonds. The van der Waals surface area contributed by atoms with Crippen LogP contribution in [-0.4, -0.2) is 69.4 Å². The zero-order valence-corrected chi connectivity index (χ0v) is 48.0. The van der Waals surface area contributed by atoms with Crippen LogP contribution in [0.5, 0.6) is 0 Å². The number of esters is 1. The molecule has 3 atom stereocenters. The average Bonchev–Trinajstić information content (AvgIpc) is 3.34. The van der Waals surface area contributed by atoms with Crippen molar-refractivity contribution < 1.29 is 37.3 Å². The molecule has 0 aliphatic carbocycles. The number of hydrogen-bond acceptors (Lipinski definition) is 7. The molecule has 0 fully saturated rings. The third kappa shape index (κ3) is 51.8. The number of likely N-dealkylation sites (N-methyl/N-ethyl adjacent to an activating group) is 1. The second-order valence-corrected chi connectivity index (χ2v) is 21.9. The van der Waals surface area contributed by atoms with Crippen molar-refractivity contribution in [1.29, 1.82) is 0 Å². The number of ether oxygens (including phenoxy) is 1. The van der Waals surface area contributed by atoms with Crippen LogP contribution in [0.15, 0.2) is 97.2 Å². The SMILES string of the molecule is CC/C=C/C=C/C=C/CCCCCCCCCC(=O)NC(COP(=O)([O-])OCC[N+](C)(C)C)C(/C=C/CCCCCCCCCCCC)OC(=O)CCCCC/C=C\C/C=C\C/C=C\C/C=C\CCCCC. The van der Waals surface area contributed by atoms with Gasteiger partial charge in [0, 0.05) is 12.8 Å². The summed E-state index contributed by atoms with van der Waals surface area (Å²) < 4.78 is 30.2. The van der Waals surface area contributed by atoms with E-state index >= 15 is 0 Å². The van der Waals surface area contributed by atoms with Crippen LogP contribution in [0.1, 0.15) is 233 Å². The molecular weight excluding hydrogens is 916 g/mol. The molecule has 0 bridgehead atoms. The van der Waals surface area contributed by atoms with E-state index in [0.29, 0.717) is 23.9 Å². The molecular formula is C62H109N2O7P. The lowest BCUT2D eigenvalue weighted by molar-refractivity contribution is -0.870. The van der Waals surface area contributed by atoms with Crippen molar-refractivity contribution in [2.45, 2.75) is 245 Å². The lowest BCUT2D eigenvalue weighted by atomic mass is 10.0. The Kier molecular flexibility index (Phi) is 49.2. The van der Waals surface area contributed by atoms with Crippen molar-refractivity contribution in [3.8, 4) is 0 Å². The molecule has 0 saturated carbocycles. The number of quaternary nitrogens is 1. The van der Waals surface area contributed by atoms with Crippen LogP contribution >= 0.6 is 7.82 Å². The molecule has 72 heavy (non-hydrogen) atoms. The lowest BCUT2D eigenvalue weighted by Gasteiger charge is -2.30. The molecule has 0 radical (unpaired) electrons. The van der Waals surface area contributed by atoms with Crippen LogP contribution in [0.2, 0.25) is 0 Å². The lowest BCUT2D eigenvalue weighted by Crippen LogP contribution is -2.47. The quantitative estimate of drug-likeness (QED) is 0.0161. The fraction of sp³-hybridized carbons (Fsp3) is 0.710. The van der Waals surface area contributed by atoms with Crippen molar-refractivity contribution in [3.63, 3.8) is 0 Å². The van der Waals surface area contributed by atoms with E-state index in [1.54, 1.807) is 0 Å². The predicted octanol–water partition coefficient (Wildman–Crippen LogP) is 17.0. The molecule has 0 rings (SSSR count). The third-order valence-corrected chi connectivity index (χ3v) is 13.3. The summed E-state index contributed by atoms with van der Waals surface area (Å²) in [4.78, 5) is 39.9. The van der Waals surface area contributed by atoms with E-state index in [1.807, 2.05) is 33.3 Å². The zero-order chi connectivity index (χ0) is 52.9. The third-order valence-electron chi connectivity index (χ3n) is 12.3. The summed E-state index contributed by atoms with van der Waals surface area (Å²) in [6.45, 7) is 6.63. The normalized spacial score (nSPS) is 14.5. The maximum Gasteiger partial charge on any atom is 0.306 e. The summed E-state index contributed by atoms with van der Waals surface area (Å²) in [6.07, 6.45) is 68.0. The van der Waals surface area contributed by atoms with Gasteiger partial charge in [-0.25, -0.2) is 0 Å². The summed E-state index contributed by atoms with van der Waals surface area (Å²) in [6, 6.07) is -0.913. The van der Waals surface area contributed by atoms with E-state index < -0.39 is 26.6 Å². The second kappa shape index (κ2) is 51.4. The molecule has 0 aromatic heterocycles. The number of carbonyl (C=O) groups is 2. The first-order valence-corrected chi connectivity index (χ1v) is 30.5. The van der Waals surface area contributed by atoms with Gasteiger partial charge in [0.2, 0.25) is 5.91 Å². The summed E-state index contributed by atoms with van der Waals surface area (Å²) in [5.74, 6) is -0.597. The highest BCUT2D eigenvalue weighted by Crippen LogP contribution is 2.38. The van der Waals surface area contributed by atoms with Gasteiger partial charge in [0.1, 0.15) is 19.3 Å². The Balaban J connectivity index is 5.41. The molecule has 414 valence electrons. The van der Waals surface area contributed by atoms with Gasteiger partial charge in [0.25, 0.3) is 7.82 Å². The standard InChI is InChI=1S/C62H109N2O7P/c1-7-10-13-16-19-22-25-28-30-31-32-33-35-37-40-43-46-49-52-55-62(66)71-60(53-50-47-44-41-38-27-24-21-18-15-12-9-3)59(58-70-72(67,68)69-57-56-64(4,5)6)63-61(65)54-51-48-45-42-39-36-34-29-26-23-20-17-14-11-8-2/h11,14,17,19-20,22-23,26,28,30,32-33,37,40,50,53,59-60H,7-10,12-13,15-16,18,21,24-25,27,29,31,34-36,38-39,41-49,51-52,54-58H2,1-6H3,(H-,63,65,67,68)/b14-11+,20-17+,22-19-,26-23+,30-28-,33-32-,40-37-,53-50+. The summed E-state index contributed by atoms with van der Waals surface area (Å²) >= 11 is 0. The minimum Gasteiger partial charge on any atom is -0.756 e. The molecule has 10 heteroatoms. The number of hydrogen-bond donors (Lipinski definition) is 1. The summed E-state index contributed by atoms with van der Waals surface area (Å²) in [5, 5.41) is 3.00. The number of nitrogens with zero attached hydrogens (tertiary/aromatic N) is 1. The largest absolute Gasteiger partial charge is 0.756 e. The van der Waals surface area contributed by atoms with Crippen LogP contribution in [0, 0.1) is 0 Å². The fourth-order valence-electron chi connectivity index (χ4n) is 7.80. The van der Waals surface area contributed by atoms with Crippen LogP contribution in [0.25, 0.3) is 0 Å². The van der Waals surface area contributed by atoms with Gasteiger partial charge in [-0.3, -0.25) is 14.2 Å². The number of amides is 1. The molecule has 0 aliphatic heterocycles. The highest BCUT2D eigenvalue weighted by molar-refractivity contribution is 7.45. The maximum atomic E-state index is 13.5. The number of nitrogens with one attached hydrogen (secondary N) is 1. The highest BCUT2D eigenvalue weighted by Gasteiger charge is 2.27. The monoisotopic (exact) mass is 1020 g/mol. The topological polar surface area (TPSA) is 114 Å². The Labute approximate surface area is 443 Å². The van der Waals surface area contributed by atoms with Gasteiger partial charge in [0.15, 0.2) is 0 Å². The Morgan fingerprint density at radius 3 is 1.49 bits per heavy atom. The number of allylic oxidation sites excluding steroid dienone is 15. The first-order valence-electron chi connectivity index (χ1n) is 29.1. The molecule has 3 unspecified atom stereocenters. The molecule has 1 N–H and O–H groups in total. The van der Waals surface area contributed by atoms with Crippen molar-refractivity contribution in [2.24, 2.45) is 0 Å². The van der Waals surface area contributed by atoms with E-state index in [-0.39, 0.29) is 24.9 Å². The van der Waals surface area contributed by atoms with Crippen LogP contribution in [-0.2, 0) is 27.9 Å². The van der Waals surface area contributed by atoms with Crippen molar-refractivity contribution in [3.05, 3.63) is 97.2 Å². The Hall–Kier alpha value is -3.07. The molecule has 0 aromatic rings. The molecule has 0 heterocycles. The van der Waals surface area contributed by atoms with E-state index in [2.05, 4.69) is 111 Å². The smallest absolute Gasteiger partial charge is 0.306 e. The molecule has 0 spiro atoms. The Morgan fingerprint density at radius 2 is 0.944 bits per heavy atom.